The standard InChI is InChI=1S/C11H12N2OS/c1-3-8-5-4-6-9(10(8)14-2)11-13-12-7-15-11/h4-7H,3H2,1-2H3. The predicted molar refractivity (Wildman–Crippen MR) is 61.3 cm³/mol. The molecular weight excluding hydrogens is 208 g/mol. The van der Waals surface area contributed by atoms with Gasteiger partial charge in [0.15, 0.2) is 5.01 Å². The summed E-state index contributed by atoms with van der Waals surface area (Å²) < 4.78 is 5.43. The first kappa shape index (κ1) is 10.1. The van der Waals surface area contributed by atoms with Gasteiger partial charge in [0.05, 0.1) is 12.7 Å². The van der Waals surface area contributed by atoms with Crippen LogP contribution in [0.25, 0.3) is 10.6 Å². The van der Waals surface area contributed by atoms with Gasteiger partial charge in [0.2, 0.25) is 0 Å². The second-order valence-electron chi connectivity index (χ2n) is 3.10. The van der Waals surface area contributed by atoms with E-state index in [1.54, 1.807) is 12.6 Å². The van der Waals surface area contributed by atoms with Crippen molar-refractivity contribution in [3.05, 3.63) is 29.3 Å². The Kier molecular flexibility index (Phi) is 2.97. The minimum Gasteiger partial charge on any atom is -0.496 e. The number of nitrogens with zero attached hydrogens (tertiary/aromatic N) is 2. The van der Waals surface area contributed by atoms with Crippen LogP contribution in [0.1, 0.15) is 12.5 Å². The summed E-state index contributed by atoms with van der Waals surface area (Å²) in [5.74, 6) is 0.914. The molecule has 0 N–H and O–H groups in total. The fraction of sp³-hybridized carbons (Fsp3) is 0.273. The fourth-order valence-electron chi connectivity index (χ4n) is 1.56. The molecule has 0 bridgehead atoms. The molecule has 0 aliphatic carbocycles. The number of hydrogen-bond donors (Lipinski definition) is 0. The van der Waals surface area contributed by atoms with Crippen LogP contribution in [0.5, 0.6) is 5.75 Å². The Morgan fingerprint density at radius 1 is 1.40 bits per heavy atom. The summed E-state index contributed by atoms with van der Waals surface area (Å²) in [6.45, 7) is 2.11. The molecule has 0 unspecified atom stereocenters. The summed E-state index contributed by atoms with van der Waals surface area (Å²) in [7, 11) is 1.69. The second-order valence-corrected chi connectivity index (χ2v) is 3.93. The van der Waals surface area contributed by atoms with Crippen molar-refractivity contribution in [1.82, 2.24) is 10.2 Å². The maximum Gasteiger partial charge on any atom is 0.151 e. The third-order valence-electron chi connectivity index (χ3n) is 2.27. The lowest BCUT2D eigenvalue weighted by molar-refractivity contribution is 0.412. The van der Waals surface area contributed by atoms with Crippen molar-refractivity contribution in [2.45, 2.75) is 13.3 Å². The number of hydrogen-bond acceptors (Lipinski definition) is 4. The summed E-state index contributed by atoms with van der Waals surface area (Å²) in [5.41, 5.74) is 3.96. The van der Waals surface area contributed by atoms with Gasteiger partial charge in [0, 0.05) is 0 Å². The molecule has 15 heavy (non-hydrogen) atoms. The average molecular weight is 220 g/mol. The number of ether oxygens (including phenoxy) is 1. The van der Waals surface area contributed by atoms with Crippen LogP contribution in [-0.2, 0) is 6.42 Å². The summed E-state index contributed by atoms with van der Waals surface area (Å²) >= 11 is 1.52. The zero-order valence-electron chi connectivity index (χ0n) is 8.73. The topological polar surface area (TPSA) is 35.0 Å². The minimum absolute atomic E-state index is 0.905. The van der Waals surface area contributed by atoms with E-state index >= 15 is 0 Å². The lowest BCUT2D eigenvalue weighted by Crippen LogP contribution is -1.93. The Morgan fingerprint density at radius 2 is 2.27 bits per heavy atom. The Hall–Kier alpha value is -1.42. The van der Waals surface area contributed by atoms with E-state index in [0.717, 1.165) is 22.7 Å². The minimum atomic E-state index is 0.905. The number of aromatic nitrogens is 2. The maximum absolute atomic E-state index is 5.43. The van der Waals surface area contributed by atoms with Crippen molar-refractivity contribution < 1.29 is 4.74 Å². The van der Waals surface area contributed by atoms with Crippen LogP contribution in [0, 0.1) is 0 Å². The molecule has 1 aromatic carbocycles. The van der Waals surface area contributed by atoms with Gasteiger partial charge in [-0.15, -0.1) is 10.2 Å². The summed E-state index contributed by atoms with van der Waals surface area (Å²) in [6.07, 6.45) is 0.954. The van der Waals surface area contributed by atoms with Gasteiger partial charge in [-0.25, -0.2) is 0 Å². The Bertz CT molecular complexity index is 440. The molecule has 2 aromatic rings. The Morgan fingerprint density at radius 3 is 2.87 bits per heavy atom. The van der Waals surface area contributed by atoms with Crippen molar-refractivity contribution >= 4 is 11.3 Å². The number of rotatable bonds is 3. The summed E-state index contributed by atoms with van der Waals surface area (Å²) in [5, 5.41) is 8.81. The number of para-hydroxylation sites is 1. The molecule has 0 saturated heterocycles. The molecule has 0 saturated carbocycles. The first-order valence-corrected chi connectivity index (χ1v) is 5.67. The van der Waals surface area contributed by atoms with Crippen molar-refractivity contribution in [2.75, 3.05) is 7.11 Å². The van der Waals surface area contributed by atoms with Gasteiger partial charge in [0.25, 0.3) is 0 Å². The quantitative estimate of drug-likeness (QED) is 0.797. The summed E-state index contributed by atoms with van der Waals surface area (Å²) in [4.78, 5) is 0. The third-order valence-corrected chi connectivity index (χ3v) is 3.00. The van der Waals surface area contributed by atoms with Crippen LogP contribution >= 0.6 is 11.3 Å². The van der Waals surface area contributed by atoms with Crippen LogP contribution < -0.4 is 4.74 Å². The fourth-order valence-corrected chi connectivity index (χ4v) is 2.14. The molecule has 3 nitrogen and oxygen atoms in total. The lowest BCUT2D eigenvalue weighted by Gasteiger charge is -2.09. The van der Waals surface area contributed by atoms with E-state index in [4.69, 9.17) is 4.74 Å². The molecule has 0 fully saturated rings. The van der Waals surface area contributed by atoms with Crippen molar-refractivity contribution in [1.29, 1.82) is 0 Å². The monoisotopic (exact) mass is 220 g/mol. The second kappa shape index (κ2) is 4.40. The van der Waals surface area contributed by atoms with Gasteiger partial charge in [-0.3, -0.25) is 0 Å². The van der Waals surface area contributed by atoms with E-state index in [9.17, 15) is 0 Å². The molecule has 1 aromatic heterocycles. The maximum atomic E-state index is 5.43. The van der Waals surface area contributed by atoms with Gasteiger partial charge in [0.1, 0.15) is 11.3 Å². The molecule has 78 valence electrons. The van der Waals surface area contributed by atoms with Crippen molar-refractivity contribution in [3.63, 3.8) is 0 Å². The molecule has 0 amide bonds. The normalized spacial score (nSPS) is 10.3. The molecule has 0 spiro atoms. The molecule has 0 aliphatic heterocycles. The van der Waals surface area contributed by atoms with E-state index in [1.807, 2.05) is 12.1 Å². The molecule has 0 aliphatic rings. The molecular formula is C11H12N2OS. The Balaban J connectivity index is 2.56. The van der Waals surface area contributed by atoms with Gasteiger partial charge >= 0.3 is 0 Å². The van der Waals surface area contributed by atoms with Gasteiger partial charge < -0.3 is 4.74 Å². The molecule has 1 heterocycles. The highest BCUT2D eigenvalue weighted by molar-refractivity contribution is 7.12. The van der Waals surface area contributed by atoms with E-state index in [0.29, 0.717) is 0 Å². The zero-order valence-corrected chi connectivity index (χ0v) is 9.54. The number of aryl methyl sites for hydroxylation is 1. The van der Waals surface area contributed by atoms with Gasteiger partial charge in [-0.05, 0) is 18.1 Å². The van der Waals surface area contributed by atoms with E-state index in [1.165, 1.54) is 16.9 Å². The summed E-state index contributed by atoms with van der Waals surface area (Å²) in [6, 6.07) is 6.11. The highest BCUT2D eigenvalue weighted by Crippen LogP contribution is 2.33. The van der Waals surface area contributed by atoms with Crippen molar-refractivity contribution in [3.8, 4) is 16.3 Å². The zero-order chi connectivity index (χ0) is 10.7. The van der Waals surface area contributed by atoms with Crippen LogP contribution in [0.3, 0.4) is 0 Å². The SMILES string of the molecule is CCc1cccc(-c2nncs2)c1OC. The van der Waals surface area contributed by atoms with Crippen LogP contribution in [0.2, 0.25) is 0 Å². The molecule has 2 rings (SSSR count). The lowest BCUT2D eigenvalue weighted by atomic mass is 10.1. The van der Waals surface area contributed by atoms with Crippen molar-refractivity contribution in [2.24, 2.45) is 0 Å². The van der Waals surface area contributed by atoms with Crippen LogP contribution in [0.15, 0.2) is 23.7 Å². The number of methoxy groups -OCH3 is 1. The third kappa shape index (κ3) is 1.85. The van der Waals surface area contributed by atoms with E-state index in [-0.39, 0.29) is 0 Å². The van der Waals surface area contributed by atoms with E-state index in [2.05, 4.69) is 23.2 Å². The highest BCUT2D eigenvalue weighted by Gasteiger charge is 2.11. The van der Waals surface area contributed by atoms with E-state index < -0.39 is 0 Å². The predicted octanol–water partition coefficient (Wildman–Crippen LogP) is 2.78. The first-order valence-electron chi connectivity index (χ1n) is 4.79. The largest absolute Gasteiger partial charge is 0.496 e. The smallest absolute Gasteiger partial charge is 0.151 e. The van der Waals surface area contributed by atoms with Gasteiger partial charge in [-0.1, -0.05) is 30.4 Å². The molecule has 4 heteroatoms. The van der Waals surface area contributed by atoms with Crippen LogP contribution in [-0.4, -0.2) is 17.3 Å². The number of benzene rings is 1. The Labute approximate surface area is 92.7 Å². The highest BCUT2D eigenvalue weighted by atomic mass is 32.1. The van der Waals surface area contributed by atoms with Gasteiger partial charge in [-0.2, -0.15) is 0 Å². The first-order chi connectivity index (χ1) is 7.36. The average Bonchev–Trinajstić information content (AvgIpc) is 2.81. The molecule has 0 atom stereocenters. The van der Waals surface area contributed by atoms with Crippen LogP contribution in [0.4, 0.5) is 0 Å². The molecule has 0 radical (unpaired) electrons.